The van der Waals surface area contributed by atoms with Crippen LogP contribution in [-0.2, 0) is 5.75 Å². The van der Waals surface area contributed by atoms with Crippen molar-refractivity contribution in [2.75, 3.05) is 0 Å². The summed E-state index contributed by atoms with van der Waals surface area (Å²) in [4.78, 5) is 29.0. The Bertz CT molecular complexity index is 1170. The van der Waals surface area contributed by atoms with Gasteiger partial charge in [-0.15, -0.1) is 0 Å². The molecule has 0 aliphatic heterocycles. The van der Waals surface area contributed by atoms with Crippen LogP contribution >= 0.6 is 11.8 Å². The molecule has 7 nitrogen and oxygen atoms in total. The molecule has 0 saturated heterocycles. The molecule has 0 spiro atoms. The average molecular weight is 400 g/mol. The minimum absolute atomic E-state index is 0.0755. The van der Waals surface area contributed by atoms with Gasteiger partial charge in [0.2, 0.25) is 0 Å². The Kier molecular flexibility index (Phi) is 5.47. The third kappa shape index (κ3) is 4.05. The molecule has 3 aromatic rings. The lowest BCUT2D eigenvalue weighted by atomic mass is 10.1. The van der Waals surface area contributed by atoms with Gasteiger partial charge in [0.15, 0.2) is 5.16 Å². The summed E-state index contributed by atoms with van der Waals surface area (Å²) in [7, 11) is 0. The second-order valence-electron chi connectivity index (χ2n) is 5.55. The van der Waals surface area contributed by atoms with Crippen LogP contribution in [0.5, 0.6) is 0 Å². The number of rotatable bonds is 5. The van der Waals surface area contributed by atoms with Gasteiger partial charge in [-0.25, -0.2) is 13.8 Å². The highest BCUT2D eigenvalue weighted by Crippen LogP contribution is 2.27. The van der Waals surface area contributed by atoms with E-state index >= 15 is 0 Å². The molecule has 0 bridgehead atoms. The number of nitriles is 1. The molecule has 0 atom stereocenters. The predicted molar refractivity (Wildman–Crippen MR) is 97.6 cm³/mol. The van der Waals surface area contributed by atoms with Crippen LogP contribution in [0, 0.1) is 33.1 Å². The maximum atomic E-state index is 14.1. The number of non-ortho nitro benzene ring substituents is 1. The number of H-pyrrole nitrogens is 1. The summed E-state index contributed by atoms with van der Waals surface area (Å²) >= 11 is 1.05. The van der Waals surface area contributed by atoms with Crippen molar-refractivity contribution < 1.29 is 13.7 Å². The third-order valence-electron chi connectivity index (χ3n) is 3.69. The van der Waals surface area contributed by atoms with Gasteiger partial charge in [0.25, 0.3) is 11.2 Å². The number of nitrogens with zero attached hydrogens (tertiary/aromatic N) is 3. The molecule has 1 N–H and O–H groups in total. The highest BCUT2D eigenvalue weighted by molar-refractivity contribution is 7.98. The molecular weight excluding hydrogens is 390 g/mol. The second-order valence-corrected chi connectivity index (χ2v) is 6.51. The fourth-order valence-corrected chi connectivity index (χ4v) is 3.22. The van der Waals surface area contributed by atoms with Gasteiger partial charge >= 0.3 is 0 Å². The summed E-state index contributed by atoms with van der Waals surface area (Å²) in [5.41, 5.74) is -1.01. The first kappa shape index (κ1) is 19.2. The average Bonchev–Trinajstić information content (AvgIpc) is 2.66. The number of nitro groups is 1. The molecule has 0 aliphatic rings. The van der Waals surface area contributed by atoms with E-state index in [0.717, 1.165) is 23.9 Å². The topological polar surface area (TPSA) is 113 Å². The third-order valence-corrected chi connectivity index (χ3v) is 4.64. The summed E-state index contributed by atoms with van der Waals surface area (Å²) in [6.45, 7) is 0. The van der Waals surface area contributed by atoms with Crippen LogP contribution in [0.3, 0.4) is 0 Å². The molecule has 1 heterocycles. The van der Waals surface area contributed by atoms with Crippen molar-refractivity contribution in [2.45, 2.75) is 10.9 Å². The Morgan fingerprint density at radius 3 is 2.71 bits per heavy atom. The smallest absolute Gasteiger partial charge is 0.270 e. The van der Waals surface area contributed by atoms with E-state index in [4.69, 9.17) is 0 Å². The number of nitro benzene ring substituents is 1. The zero-order valence-corrected chi connectivity index (χ0v) is 14.8. The normalized spacial score (nSPS) is 10.5. The van der Waals surface area contributed by atoms with Crippen LogP contribution in [-0.4, -0.2) is 14.9 Å². The SMILES string of the molecule is N#Cc1c(-c2ccc(F)cc2F)nc(SCc2cccc([N+](=O)[O-])c2)[nH]c1=O. The van der Waals surface area contributed by atoms with Gasteiger partial charge in [-0.1, -0.05) is 23.9 Å². The molecule has 28 heavy (non-hydrogen) atoms. The predicted octanol–water partition coefficient (Wildman–Crippen LogP) is 3.79. The first-order chi connectivity index (χ1) is 13.4. The van der Waals surface area contributed by atoms with Gasteiger partial charge < -0.3 is 4.98 Å². The number of benzene rings is 2. The monoisotopic (exact) mass is 400 g/mol. The summed E-state index contributed by atoms with van der Waals surface area (Å²) in [5, 5.41) is 20.1. The molecule has 1 aromatic heterocycles. The minimum atomic E-state index is -0.954. The molecule has 10 heteroatoms. The number of halogens is 2. The maximum Gasteiger partial charge on any atom is 0.270 e. The Morgan fingerprint density at radius 1 is 1.25 bits per heavy atom. The van der Waals surface area contributed by atoms with E-state index in [0.29, 0.717) is 11.6 Å². The van der Waals surface area contributed by atoms with Crippen molar-refractivity contribution >= 4 is 17.4 Å². The maximum absolute atomic E-state index is 14.1. The summed E-state index contributed by atoms with van der Waals surface area (Å²) < 4.78 is 27.3. The molecule has 0 aliphatic carbocycles. The van der Waals surface area contributed by atoms with Gasteiger partial charge in [0.1, 0.15) is 23.3 Å². The van der Waals surface area contributed by atoms with Crippen LogP contribution in [0.25, 0.3) is 11.3 Å². The van der Waals surface area contributed by atoms with E-state index < -0.39 is 27.7 Å². The Balaban J connectivity index is 1.96. The van der Waals surface area contributed by atoms with Crippen LogP contribution < -0.4 is 5.56 Å². The van der Waals surface area contributed by atoms with E-state index in [2.05, 4.69) is 9.97 Å². The van der Waals surface area contributed by atoms with Crippen molar-refractivity contribution in [2.24, 2.45) is 0 Å². The van der Waals surface area contributed by atoms with Crippen LogP contribution in [0.4, 0.5) is 14.5 Å². The van der Waals surface area contributed by atoms with Gasteiger partial charge in [-0.2, -0.15) is 5.26 Å². The van der Waals surface area contributed by atoms with Crippen LogP contribution in [0.15, 0.2) is 52.4 Å². The number of hydrogen-bond acceptors (Lipinski definition) is 6. The summed E-state index contributed by atoms with van der Waals surface area (Å²) in [5.74, 6) is -1.52. The Labute approximate surface area is 160 Å². The largest absolute Gasteiger partial charge is 0.300 e. The van der Waals surface area contributed by atoms with Crippen LogP contribution in [0.2, 0.25) is 0 Å². The molecule has 140 valence electrons. The standard InChI is InChI=1S/C18H10F2N4O3S/c19-11-4-5-13(15(20)7-11)16-14(8-21)17(25)23-18(22-16)28-9-10-2-1-3-12(6-10)24(26)27/h1-7H,9H2,(H,22,23,25). The fourth-order valence-electron chi connectivity index (χ4n) is 2.41. The zero-order valence-electron chi connectivity index (χ0n) is 14.0. The van der Waals surface area contributed by atoms with Crippen molar-refractivity contribution in [3.8, 4) is 17.3 Å². The van der Waals surface area contributed by atoms with E-state index in [1.165, 1.54) is 18.2 Å². The lowest BCUT2D eigenvalue weighted by Crippen LogP contribution is -2.15. The zero-order chi connectivity index (χ0) is 20.3. The lowest BCUT2D eigenvalue weighted by Gasteiger charge is -2.07. The van der Waals surface area contributed by atoms with E-state index in [1.54, 1.807) is 12.1 Å². The Morgan fingerprint density at radius 2 is 2.04 bits per heavy atom. The van der Waals surface area contributed by atoms with Crippen molar-refractivity contribution in [1.82, 2.24) is 9.97 Å². The number of aromatic amines is 1. The lowest BCUT2D eigenvalue weighted by molar-refractivity contribution is -0.384. The molecule has 2 aromatic carbocycles. The quantitative estimate of drug-likeness (QED) is 0.302. The molecule has 0 radical (unpaired) electrons. The van der Waals surface area contributed by atoms with E-state index in [9.17, 15) is 29.0 Å². The van der Waals surface area contributed by atoms with Gasteiger partial charge in [-0.05, 0) is 17.7 Å². The minimum Gasteiger partial charge on any atom is -0.300 e. The molecule has 0 fully saturated rings. The highest BCUT2D eigenvalue weighted by Gasteiger charge is 2.17. The van der Waals surface area contributed by atoms with Crippen molar-refractivity contribution in [3.63, 3.8) is 0 Å². The van der Waals surface area contributed by atoms with Crippen LogP contribution in [0.1, 0.15) is 11.1 Å². The second kappa shape index (κ2) is 7.98. The van der Waals surface area contributed by atoms with Gasteiger partial charge in [0.05, 0.1) is 10.6 Å². The Hall–Kier alpha value is -3.58. The van der Waals surface area contributed by atoms with Crippen molar-refractivity contribution in [1.29, 1.82) is 5.26 Å². The number of hydrogen-bond donors (Lipinski definition) is 1. The van der Waals surface area contributed by atoms with Crippen molar-refractivity contribution in [3.05, 3.63) is 85.7 Å². The first-order valence-corrected chi connectivity index (χ1v) is 8.73. The number of nitrogens with one attached hydrogen (secondary N) is 1. The molecule has 3 rings (SSSR count). The highest BCUT2D eigenvalue weighted by atomic mass is 32.2. The molecule has 0 saturated carbocycles. The molecule has 0 unspecified atom stereocenters. The number of thioether (sulfide) groups is 1. The first-order valence-electron chi connectivity index (χ1n) is 7.75. The van der Waals surface area contributed by atoms with Gasteiger partial charge in [0, 0.05) is 29.5 Å². The van der Waals surface area contributed by atoms with E-state index in [1.807, 2.05) is 0 Å². The fraction of sp³-hybridized carbons (Fsp3) is 0.0556. The summed E-state index contributed by atoms with van der Waals surface area (Å²) in [6.07, 6.45) is 0. The number of aromatic nitrogens is 2. The molecule has 0 amide bonds. The van der Waals surface area contributed by atoms with E-state index in [-0.39, 0.29) is 27.9 Å². The van der Waals surface area contributed by atoms with Gasteiger partial charge in [-0.3, -0.25) is 14.9 Å². The molecular formula is C18H10F2N4O3S. The summed E-state index contributed by atoms with van der Waals surface area (Å²) in [6, 6.07) is 10.3.